The summed E-state index contributed by atoms with van der Waals surface area (Å²) in [5.74, 6) is -0.218. The Morgan fingerprint density at radius 1 is 0.974 bits per heavy atom. The normalized spacial score (nSPS) is 11.6. The molecule has 0 unspecified atom stereocenters. The lowest BCUT2D eigenvalue weighted by atomic mass is 10.1. The number of ether oxygens (including phenoxy) is 3. The molecule has 0 N–H and O–H groups in total. The molecule has 3 rings (SSSR count). The second-order valence-electron chi connectivity index (χ2n) is 9.41. The van der Waals surface area contributed by atoms with Crippen LogP contribution in [-0.4, -0.2) is 48.1 Å². The van der Waals surface area contributed by atoms with Crippen LogP contribution in [0.1, 0.15) is 48.0 Å². The topological polar surface area (TPSA) is 78.0 Å². The van der Waals surface area contributed by atoms with Crippen LogP contribution in [0.25, 0.3) is 11.3 Å². The maximum atomic E-state index is 13.3. The van der Waals surface area contributed by atoms with Gasteiger partial charge in [-0.3, -0.25) is 9.78 Å². The second-order valence-corrected chi connectivity index (χ2v) is 9.41. The molecule has 0 atom stereocenters. The average Bonchev–Trinajstić information content (AvgIpc) is 2.88. The molecule has 0 saturated heterocycles. The smallest absolute Gasteiger partial charge is 0.416 e. The Morgan fingerprint density at radius 3 is 2.18 bits per heavy atom. The highest BCUT2D eigenvalue weighted by molar-refractivity contribution is 5.95. The van der Waals surface area contributed by atoms with Crippen molar-refractivity contribution >= 4 is 11.9 Å². The molecule has 1 amide bonds. The van der Waals surface area contributed by atoms with Crippen LogP contribution in [0.4, 0.5) is 13.2 Å². The molecule has 0 fully saturated rings. The van der Waals surface area contributed by atoms with E-state index in [0.29, 0.717) is 28.3 Å². The molecule has 1 aromatic heterocycles. The van der Waals surface area contributed by atoms with E-state index < -0.39 is 23.3 Å². The van der Waals surface area contributed by atoms with Crippen molar-refractivity contribution < 1.29 is 37.0 Å². The number of rotatable bonds is 9. The van der Waals surface area contributed by atoms with Gasteiger partial charge in [0.25, 0.3) is 5.91 Å². The maximum Gasteiger partial charge on any atom is 0.416 e. The molecule has 0 aliphatic carbocycles. The summed E-state index contributed by atoms with van der Waals surface area (Å²) in [4.78, 5) is 31.6. The van der Waals surface area contributed by atoms with Gasteiger partial charge in [-0.2, -0.15) is 13.2 Å². The summed E-state index contributed by atoms with van der Waals surface area (Å²) >= 11 is 0. The molecule has 39 heavy (non-hydrogen) atoms. The summed E-state index contributed by atoms with van der Waals surface area (Å²) in [6.45, 7) is 7.05. The summed E-state index contributed by atoms with van der Waals surface area (Å²) in [7, 11) is 3.09. The van der Waals surface area contributed by atoms with Crippen molar-refractivity contribution in [3.8, 4) is 22.8 Å². The molecule has 7 nitrogen and oxygen atoms in total. The van der Waals surface area contributed by atoms with Crippen LogP contribution in [-0.2, 0) is 22.3 Å². The highest BCUT2D eigenvalue weighted by Gasteiger charge is 2.32. The van der Waals surface area contributed by atoms with E-state index in [4.69, 9.17) is 14.2 Å². The Kier molecular flexibility index (Phi) is 8.88. The number of halogens is 3. The van der Waals surface area contributed by atoms with Crippen LogP contribution in [0, 0.1) is 6.92 Å². The first kappa shape index (κ1) is 29.5. The zero-order chi connectivity index (χ0) is 29.0. The number of esters is 1. The monoisotopic (exact) mass is 544 g/mol. The quantitative estimate of drug-likeness (QED) is 0.304. The molecular weight excluding hydrogens is 513 g/mol. The summed E-state index contributed by atoms with van der Waals surface area (Å²) in [5, 5.41) is 0. The first-order chi connectivity index (χ1) is 18.2. The Hall–Kier alpha value is -4.08. The lowest BCUT2D eigenvalue weighted by Crippen LogP contribution is -2.39. The van der Waals surface area contributed by atoms with E-state index in [9.17, 15) is 22.8 Å². The minimum absolute atomic E-state index is 0.206. The summed E-state index contributed by atoms with van der Waals surface area (Å²) < 4.78 is 54.8. The number of carbonyl (C=O) groups is 2. The molecule has 0 aliphatic heterocycles. The summed E-state index contributed by atoms with van der Waals surface area (Å²) in [6.07, 6.45) is -4.41. The van der Waals surface area contributed by atoms with E-state index in [1.54, 1.807) is 59.0 Å². The van der Waals surface area contributed by atoms with Crippen LogP contribution >= 0.6 is 0 Å². The van der Waals surface area contributed by atoms with Crippen LogP contribution in [0.3, 0.4) is 0 Å². The first-order valence-corrected chi connectivity index (χ1v) is 12.2. The van der Waals surface area contributed by atoms with Crippen LogP contribution in [0.5, 0.6) is 11.5 Å². The molecular formula is C29H31F3N2O5. The number of aromatic nitrogens is 1. The maximum absolute atomic E-state index is 13.3. The molecule has 3 aromatic rings. The molecule has 0 radical (unpaired) electrons. The number of carbonyl (C=O) groups excluding carboxylic acids is 2. The van der Waals surface area contributed by atoms with Crippen molar-refractivity contribution in [2.75, 3.05) is 20.8 Å². The van der Waals surface area contributed by atoms with Crippen molar-refractivity contribution in [1.29, 1.82) is 0 Å². The average molecular weight is 545 g/mol. The van der Waals surface area contributed by atoms with Gasteiger partial charge >= 0.3 is 12.1 Å². The third kappa shape index (κ3) is 7.28. The van der Waals surface area contributed by atoms with E-state index in [1.807, 2.05) is 0 Å². The summed E-state index contributed by atoms with van der Waals surface area (Å²) in [5.41, 5.74) is 0.761. The van der Waals surface area contributed by atoms with E-state index in [1.165, 1.54) is 30.2 Å². The molecule has 0 spiro atoms. The lowest BCUT2D eigenvalue weighted by Gasteiger charge is -2.25. The number of pyridine rings is 1. The Labute approximate surface area is 225 Å². The number of benzene rings is 2. The molecule has 0 saturated carbocycles. The van der Waals surface area contributed by atoms with Crippen molar-refractivity contribution in [3.05, 3.63) is 77.0 Å². The van der Waals surface area contributed by atoms with Gasteiger partial charge in [-0.1, -0.05) is 18.2 Å². The van der Waals surface area contributed by atoms with E-state index in [-0.39, 0.29) is 24.8 Å². The Morgan fingerprint density at radius 2 is 1.62 bits per heavy atom. The number of hydrogen-bond acceptors (Lipinski definition) is 6. The summed E-state index contributed by atoms with van der Waals surface area (Å²) in [6, 6.07) is 13.0. The third-order valence-corrected chi connectivity index (χ3v) is 5.96. The fourth-order valence-corrected chi connectivity index (χ4v) is 3.81. The highest BCUT2D eigenvalue weighted by atomic mass is 19.4. The molecule has 10 heteroatoms. The van der Waals surface area contributed by atoms with Crippen molar-refractivity contribution in [2.45, 2.75) is 46.0 Å². The third-order valence-electron chi connectivity index (χ3n) is 5.96. The minimum Gasteiger partial charge on any atom is -0.497 e. The fraction of sp³-hybridized carbons (Fsp3) is 0.345. The standard InChI is InChI=1S/C29H31F3N2O5/c1-7-38-27(36)28(3,4)39-24-15-21(14-23(16-24)37-6)26(35)34(5)17-20-10-13-25(33-18(20)2)19-8-11-22(12-9-19)29(30,31)32/h8-16H,7,17H2,1-6H3. The predicted molar refractivity (Wildman–Crippen MR) is 140 cm³/mol. The minimum atomic E-state index is -4.41. The highest BCUT2D eigenvalue weighted by Crippen LogP contribution is 2.31. The number of alkyl halides is 3. The van der Waals surface area contributed by atoms with Gasteiger partial charge in [-0.05, 0) is 63.6 Å². The predicted octanol–water partition coefficient (Wildman–Crippen LogP) is 6.08. The molecule has 208 valence electrons. The van der Waals surface area contributed by atoms with Crippen molar-refractivity contribution in [3.63, 3.8) is 0 Å². The SMILES string of the molecule is CCOC(=O)C(C)(C)Oc1cc(OC)cc(C(=O)N(C)Cc2ccc(-c3ccc(C(F)(F)F)cc3)nc2C)c1. The zero-order valence-corrected chi connectivity index (χ0v) is 22.7. The van der Waals surface area contributed by atoms with Gasteiger partial charge in [0.15, 0.2) is 5.60 Å². The Bertz CT molecular complexity index is 1340. The van der Waals surface area contributed by atoms with Gasteiger partial charge in [-0.15, -0.1) is 0 Å². The van der Waals surface area contributed by atoms with Crippen LogP contribution in [0.2, 0.25) is 0 Å². The van der Waals surface area contributed by atoms with Crippen LogP contribution in [0.15, 0.2) is 54.6 Å². The van der Waals surface area contributed by atoms with Crippen LogP contribution < -0.4 is 9.47 Å². The van der Waals surface area contributed by atoms with Gasteiger partial charge in [0, 0.05) is 36.5 Å². The van der Waals surface area contributed by atoms with Gasteiger partial charge < -0.3 is 19.1 Å². The van der Waals surface area contributed by atoms with E-state index >= 15 is 0 Å². The largest absolute Gasteiger partial charge is 0.497 e. The number of aryl methyl sites for hydroxylation is 1. The second kappa shape index (κ2) is 11.8. The van der Waals surface area contributed by atoms with Crippen molar-refractivity contribution in [2.24, 2.45) is 0 Å². The van der Waals surface area contributed by atoms with Crippen molar-refractivity contribution in [1.82, 2.24) is 9.88 Å². The van der Waals surface area contributed by atoms with E-state index in [0.717, 1.165) is 17.7 Å². The van der Waals surface area contributed by atoms with E-state index in [2.05, 4.69) is 4.98 Å². The number of hydrogen-bond donors (Lipinski definition) is 0. The molecule has 0 bridgehead atoms. The number of nitrogens with zero attached hydrogens (tertiary/aromatic N) is 2. The van der Waals surface area contributed by atoms with Gasteiger partial charge in [0.2, 0.25) is 0 Å². The first-order valence-electron chi connectivity index (χ1n) is 12.2. The lowest BCUT2D eigenvalue weighted by molar-refractivity contribution is -0.158. The molecule has 0 aliphatic rings. The molecule has 1 heterocycles. The number of methoxy groups -OCH3 is 1. The molecule has 2 aromatic carbocycles. The number of amides is 1. The van der Waals surface area contributed by atoms with Gasteiger partial charge in [0.1, 0.15) is 11.5 Å². The van der Waals surface area contributed by atoms with Gasteiger partial charge in [-0.25, -0.2) is 4.79 Å². The zero-order valence-electron chi connectivity index (χ0n) is 22.7. The van der Waals surface area contributed by atoms with Gasteiger partial charge in [0.05, 0.1) is 25.0 Å². The Balaban J connectivity index is 1.78. The fourth-order valence-electron chi connectivity index (χ4n) is 3.81.